The van der Waals surface area contributed by atoms with E-state index in [1.54, 1.807) is 0 Å². The zero-order valence-corrected chi connectivity index (χ0v) is 9.65. The molecule has 0 aromatic carbocycles. The number of aryl methyl sites for hydroxylation is 1. The molecule has 0 saturated carbocycles. The van der Waals surface area contributed by atoms with Gasteiger partial charge in [0.05, 0.1) is 0 Å². The first-order valence-corrected chi connectivity index (χ1v) is 6.16. The van der Waals surface area contributed by atoms with Crippen LogP contribution >= 0.6 is 11.3 Å². The minimum absolute atomic E-state index is 0.455. The van der Waals surface area contributed by atoms with Crippen molar-refractivity contribution >= 4 is 11.3 Å². The second-order valence-corrected chi connectivity index (χ2v) is 4.66. The molecule has 0 unspecified atom stereocenters. The van der Waals surface area contributed by atoms with Crippen LogP contribution in [-0.2, 0) is 6.42 Å². The molecule has 14 heavy (non-hydrogen) atoms. The molecule has 1 atom stereocenters. The molecule has 3 heteroatoms. The Balaban J connectivity index is 1.95. The largest absolute Gasteiger partial charge is 0.329 e. The number of hydrogen-bond acceptors (Lipinski definition) is 3. The molecule has 0 fully saturated rings. The van der Waals surface area contributed by atoms with Crippen LogP contribution in [0.1, 0.15) is 24.6 Å². The summed E-state index contributed by atoms with van der Waals surface area (Å²) in [5, 5.41) is 5.53. The summed E-state index contributed by atoms with van der Waals surface area (Å²) in [7, 11) is 0. The van der Waals surface area contributed by atoms with E-state index in [4.69, 9.17) is 5.73 Å². The summed E-state index contributed by atoms with van der Waals surface area (Å²) < 4.78 is 0. The van der Waals surface area contributed by atoms with Crippen molar-refractivity contribution in [2.24, 2.45) is 5.73 Å². The Hall–Kier alpha value is -0.380. The van der Waals surface area contributed by atoms with E-state index in [0.29, 0.717) is 6.04 Å². The van der Waals surface area contributed by atoms with Crippen LogP contribution in [0.25, 0.3) is 0 Å². The van der Waals surface area contributed by atoms with Gasteiger partial charge >= 0.3 is 0 Å². The lowest BCUT2D eigenvalue weighted by Crippen LogP contribution is -2.33. The topological polar surface area (TPSA) is 38.0 Å². The number of thiophene rings is 1. The highest BCUT2D eigenvalue weighted by atomic mass is 32.1. The van der Waals surface area contributed by atoms with Gasteiger partial charge in [-0.05, 0) is 44.2 Å². The van der Waals surface area contributed by atoms with E-state index in [0.717, 1.165) is 13.1 Å². The maximum Gasteiger partial charge on any atom is 0.0161 e. The van der Waals surface area contributed by atoms with Crippen LogP contribution in [0.5, 0.6) is 0 Å². The summed E-state index contributed by atoms with van der Waals surface area (Å²) in [5.41, 5.74) is 5.50. The summed E-state index contributed by atoms with van der Waals surface area (Å²) in [5.74, 6) is 0. The van der Waals surface area contributed by atoms with Crippen LogP contribution in [0.2, 0.25) is 0 Å². The molecule has 1 heterocycles. The molecule has 1 rings (SSSR count). The normalized spacial score (nSPS) is 13.0. The summed E-state index contributed by atoms with van der Waals surface area (Å²) in [4.78, 5) is 1.50. The average Bonchev–Trinajstić information content (AvgIpc) is 2.69. The quantitative estimate of drug-likeness (QED) is 0.679. The lowest BCUT2D eigenvalue weighted by Gasteiger charge is -2.10. The van der Waals surface area contributed by atoms with Crippen LogP contribution in [0.3, 0.4) is 0 Å². The van der Waals surface area contributed by atoms with Gasteiger partial charge in [-0.25, -0.2) is 0 Å². The Kier molecular flexibility index (Phi) is 5.83. The molecule has 0 aliphatic carbocycles. The first-order chi connectivity index (χ1) is 6.83. The summed E-state index contributed by atoms with van der Waals surface area (Å²) in [6.07, 6.45) is 3.73. The van der Waals surface area contributed by atoms with Crippen molar-refractivity contribution in [3.05, 3.63) is 22.4 Å². The number of unbranched alkanes of at least 4 members (excludes halogenated alkanes) is 1. The van der Waals surface area contributed by atoms with Gasteiger partial charge in [0.2, 0.25) is 0 Å². The van der Waals surface area contributed by atoms with Crippen LogP contribution in [0.15, 0.2) is 17.5 Å². The predicted octanol–water partition coefficient (Wildman–Crippen LogP) is 2.01. The zero-order valence-electron chi connectivity index (χ0n) is 8.83. The van der Waals surface area contributed by atoms with Crippen LogP contribution in [0, 0.1) is 0 Å². The van der Waals surface area contributed by atoms with E-state index in [1.165, 1.54) is 24.1 Å². The second kappa shape index (κ2) is 6.98. The third-order valence-corrected chi connectivity index (χ3v) is 3.21. The lowest BCUT2D eigenvalue weighted by molar-refractivity contribution is 0.534. The SMILES string of the molecule is C[C@@H](CN)NCCCCc1cccs1. The summed E-state index contributed by atoms with van der Waals surface area (Å²) in [6.45, 7) is 3.94. The van der Waals surface area contributed by atoms with E-state index in [9.17, 15) is 0 Å². The molecule has 0 aliphatic heterocycles. The van der Waals surface area contributed by atoms with Gasteiger partial charge in [-0.2, -0.15) is 0 Å². The molecule has 1 aromatic heterocycles. The monoisotopic (exact) mass is 212 g/mol. The number of hydrogen-bond donors (Lipinski definition) is 2. The first-order valence-electron chi connectivity index (χ1n) is 5.28. The zero-order chi connectivity index (χ0) is 10.2. The van der Waals surface area contributed by atoms with Crippen molar-refractivity contribution in [2.45, 2.75) is 32.2 Å². The lowest BCUT2D eigenvalue weighted by atomic mass is 10.2. The van der Waals surface area contributed by atoms with Crippen LogP contribution in [-0.4, -0.2) is 19.1 Å². The Morgan fingerprint density at radius 3 is 3.00 bits per heavy atom. The minimum Gasteiger partial charge on any atom is -0.329 e. The molecule has 0 aliphatic rings. The van der Waals surface area contributed by atoms with Crippen molar-refractivity contribution in [3.63, 3.8) is 0 Å². The molecule has 0 saturated heterocycles. The molecule has 0 radical (unpaired) electrons. The Morgan fingerprint density at radius 2 is 2.36 bits per heavy atom. The van der Waals surface area contributed by atoms with E-state index >= 15 is 0 Å². The summed E-state index contributed by atoms with van der Waals surface area (Å²) >= 11 is 1.85. The molecule has 0 amide bonds. The van der Waals surface area contributed by atoms with E-state index in [-0.39, 0.29) is 0 Å². The van der Waals surface area contributed by atoms with Gasteiger partial charge in [0.15, 0.2) is 0 Å². The average molecular weight is 212 g/mol. The third kappa shape index (κ3) is 4.74. The molecular weight excluding hydrogens is 192 g/mol. The van der Waals surface area contributed by atoms with Crippen molar-refractivity contribution in [1.29, 1.82) is 0 Å². The van der Waals surface area contributed by atoms with Crippen molar-refractivity contribution in [3.8, 4) is 0 Å². The fourth-order valence-electron chi connectivity index (χ4n) is 1.31. The third-order valence-electron chi connectivity index (χ3n) is 2.28. The van der Waals surface area contributed by atoms with Crippen LogP contribution in [0.4, 0.5) is 0 Å². The first kappa shape index (κ1) is 11.7. The Bertz CT molecular complexity index is 221. The highest BCUT2D eigenvalue weighted by molar-refractivity contribution is 7.09. The maximum absolute atomic E-state index is 5.50. The van der Waals surface area contributed by atoms with E-state index in [1.807, 2.05) is 11.3 Å². The van der Waals surface area contributed by atoms with Crippen molar-refractivity contribution < 1.29 is 0 Å². The molecule has 1 aromatic rings. The van der Waals surface area contributed by atoms with Gasteiger partial charge in [0.1, 0.15) is 0 Å². The number of nitrogens with one attached hydrogen (secondary N) is 1. The number of nitrogens with two attached hydrogens (primary N) is 1. The van der Waals surface area contributed by atoms with Gasteiger partial charge < -0.3 is 11.1 Å². The van der Waals surface area contributed by atoms with Gasteiger partial charge in [0, 0.05) is 17.5 Å². The smallest absolute Gasteiger partial charge is 0.0161 e. The van der Waals surface area contributed by atoms with Gasteiger partial charge in [-0.1, -0.05) is 6.07 Å². The minimum atomic E-state index is 0.455. The predicted molar refractivity (Wildman–Crippen MR) is 63.8 cm³/mol. The summed E-state index contributed by atoms with van der Waals surface area (Å²) in [6, 6.07) is 4.78. The number of rotatable bonds is 7. The van der Waals surface area contributed by atoms with Gasteiger partial charge in [-0.15, -0.1) is 11.3 Å². The fraction of sp³-hybridized carbons (Fsp3) is 0.636. The molecule has 80 valence electrons. The Labute approximate surface area is 90.5 Å². The molecule has 3 N–H and O–H groups in total. The highest BCUT2D eigenvalue weighted by Gasteiger charge is 1.97. The van der Waals surface area contributed by atoms with Crippen molar-refractivity contribution in [1.82, 2.24) is 5.32 Å². The standard InChI is InChI=1S/C11H20N2S/c1-10(9-12)13-7-3-2-5-11-6-4-8-14-11/h4,6,8,10,13H,2-3,5,7,9,12H2,1H3/t10-/m0/s1. The Morgan fingerprint density at radius 1 is 1.50 bits per heavy atom. The van der Waals surface area contributed by atoms with E-state index < -0.39 is 0 Å². The highest BCUT2D eigenvalue weighted by Crippen LogP contribution is 2.11. The van der Waals surface area contributed by atoms with Gasteiger partial charge in [0.25, 0.3) is 0 Å². The van der Waals surface area contributed by atoms with Gasteiger partial charge in [-0.3, -0.25) is 0 Å². The van der Waals surface area contributed by atoms with Crippen LogP contribution < -0.4 is 11.1 Å². The molecule has 2 nitrogen and oxygen atoms in total. The maximum atomic E-state index is 5.50. The van der Waals surface area contributed by atoms with E-state index in [2.05, 4.69) is 29.8 Å². The molecule has 0 spiro atoms. The molecular formula is C11H20N2S. The second-order valence-electron chi connectivity index (χ2n) is 3.63. The fourth-order valence-corrected chi connectivity index (χ4v) is 2.06. The van der Waals surface area contributed by atoms with Crippen molar-refractivity contribution in [2.75, 3.05) is 13.1 Å². The molecule has 0 bridgehead atoms.